The van der Waals surface area contributed by atoms with E-state index in [1.807, 2.05) is 53.8 Å². The van der Waals surface area contributed by atoms with Crippen molar-refractivity contribution >= 4 is 50.4 Å². The maximum atomic E-state index is 12.8. The van der Waals surface area contributed by atoms with Gasteiger partial charge in [0.25, 0.3) is 5.91 Å². The smallest absolute Gasteiger partial charge is 0.338 e. The van der Waals surface area contributed by atoms with E-state index in [2.05, 4.69) is 26.2 Å². The first-order valence-electron chi connectivity index (χ1n) is 10.3. The zero-order valence-corrected chi connectivity index (χ0v) is 20.5. The second-order valence-corrected chi connectivity index (χ2v) is 9.03. The number of anilines is 1. The summed E-state index contributed by atoms with van der Waals surface area (Å²) in [7, 11) is 0. The molecule has 0 saturated heterocycles. The van der Waals surface area contributed by atoms with Gasteiger partial charge >= 0.3 is 5.97 Å². The number of fused-ring (bicyclic) bond motifs is 1. The Morgan fingerprint density at radius 3 is 2.76 bits per heavy atom. The van der Waals surface area contributed by atoms with Crippen LogP contribution in [0.25, 0.3) is 0 Å². The minimum absolute atomic E-state index is 0.143. The molecule has 1 atom stereocenters. The average Bonchev–Trinajstić information content (AvgIpc) is 3.26. The lowest BCUT2D eigenvalue weighted by molar-refractivity contribution is -0.139. The number of ether oxygens (including phenoxy) is 2. The number of allylic oxidation sites excluding steroid dienone is 1. The SMILES string of the molecule is CCOC(=O)C1=C(C)N=C2SC=CN2[C@@H]1c1cccc(OCC(=O)Nc2ccc(Br)cc2)c1. The quantitative estimate of drug-likeness (QED) is 0.496. The predicted molar refractivity (Wildman–Crippen MR) is 133 cm³/mol. The molecule has 170 valence electrons. The van der Waals surface area contributed by atoms with Gasteiger partial charge in [-0.25, -0.2) is 9.79 Å². The van der Waals surface area contributed by atoms with E-state index in [4.69, 9.17) is 9.47 Å². The van der Waals surface area contributed by atoms with E-state index >= 15 is 0 Å². The normalized spacial score (nSPS) is 16.9. The third kappa shape index (κ3) is 5.31. The first kappa shape index (κ1) is 23.1. The van der Waals surface area contributed by atoms with Crippen molar-refractivity contribution in [3.8, 4) is 5.75 Å². The van der Waals surface area contributed by atoms with Crippen LogP contribution in [0.3, 0.4) is 0 Å². The molecule has 0 aliphatic carbocycles. The second kappa shape index (κ2) is 10.3. The Labute approximate surface area is 204 Å². The summed E-state index contributed by atoms with van der Waals surface area (Å²) in [6, 6.07) is 14.3. The van der Waals surface area contributed by atoms with Crippen LogP contribution in [0, 0.1) is 0 Å². The molecule has 0 aromatic heterocycles. The van der Waals surface area contributed by atoms with E-state index in [0.29, 0.717) is 22.7 Å². The number of halogens is 1. The Balaban J connectivity index is 1.52. The highest BCUT2D eigenvalue weighted by atomic mass is 79.9. The maximum absolute atomic E-state index is 12.8. The number of amides is 1. The van der Waals surface area contributed by atoms with Gasteiger partial charge in [0, 0.05) is 16.4 Å². The Kier molecular flexibility index (Phi) is 7.20. The van der Waals surface area contributed by atoms with Gasteiger partial charge in [0.1, 0.15) is 5.75 Å². The highest BCUT2D eigenvalue weighted by Gasteiger charge is 2.37. The molecule has 1 N–H and O–H groups in total. The van der Waals surface area contributed by atoms with E-state index in [1.54, 1.807) is 25.1 Å². The number of carbonyl (C=O) groups excluding carboxylic acids is 2. The molecule has 2 heterocycles. The van der Waals surface area contributed by atoms with Crippen molar-refractivity contribution in [2.75, 3.05) is 18.5 Å². The minimum atomic E-state index is -0.400. The van der Waals surface area contributed by atoms with Crippen LogP contribution in [0.1, 0.15) is 25.5 Å². The largest absolute Gasteiger partial charge is 0.484 e. The molecule has 0 spiro atoms. The Hall–Kier alpha value is -3.04. The molecule has 2 aromatic rings. The number of nitrogens with one attached hydrogen (secondary N) is 1. The number of rotatable bonds is 7. The number of nitrogens with zero attached hydrogens (tertiary/aromatic N) is 2. The number of hydrogen-bond acceptors (Lipinski definition) is 7. The van der Waals surface area contributed by atoms with Crippen molar-refractivity contribution in [2.24, 2.45) is 4.99 Å². The standard InChI is InChI=1S/C24H22BrN3O4S/c1-3-31-23(30)21-15(2)26-24-28(11-12-33-24)22(21)16-5-4-6-19(13-16)32-14-20(29)27-18-9-7-17(25)8-10-18/h4-13,22H,3,14H2,1-2H3,(H,27,29)/t22-/m1/s1. The lowest BCUT2D eigenvalue weighted by atomic mass is 9.94. The van der Waals surface area contributed by atoms with Crippen LogP contribution in [0.15, 0.2) is 80.9 Å². The number of benzene rings is 2. The minimum Gasteiger partial charge on any atom is -0.484 e. The van der Waals surface area contributed by atoms with E-state index in [9.17, 15) is 9.59 Å². The first-order chi connectivity index (χ1) is 16.0. The molecule has 7 nitrogen and oxygen atoms in total. The summed E-state index contributed by atoms with van der Waals surface area (Å²) in [5.74, 6) is -0.135. The molecule has 0 radical (unpaired) electrons. The molecule has 0 unspecified atom stereocenters. The average molecular weight is 528 g/mol. The summed E-state index contributed by atoms with van der Waals surface area (Å²) in [6.45, 7) is 3.73. The van der Waals surface area contributed by atoms with Gasteiger partial charge in [0.2, 0.25) is 0 Å². The molecule has 0 saturated carbocycles. The summed E-state index contributed by atoms with van der Waals surface area (Å²) in [5.41, 5.74) is 2.63. The fraction of sp³-hybridized carbons (Fsp3) is 0.208. The van der Waals surface area contributed by atoms with Crippen molar-refractivity contribution in [1.29, 1.82) is 0 Å². The Morgan fingerprint density at radius 2 is 2.00 bits per heavy atom. The fourth-order valence-electron chi connectivity index (χ4n) is 3.55. The summed E-state index contributed by atoms with van der Waals surface area (Å²) < 4.78 is 12.0. The number of carbonyl (C=O) groups is 2. The van der Waals surface area contributed by atoms with Gasteiger partial charge in [-0.15, -0.1) is 0 Å². The zero-order valence-electron chi connectivity index (χ0n) is 18.1. The third-order valence-electron chi connectivity index (χ3n) is 4.99. The van der Waals surface area contributed by atoms with Crippen LogP contribution in [0.2, 0.25) is 0 Å². The van der Waals surface area contributed by atoms with Gasteiger partial charge in [-0.2, -0.15) is 0 Å². The fourth-order valence-corrected chi connectivity index (χ4v) is 4.61. The van der Waals surface area contributed by atoms with E-state index in [0.717, 1.165) is 15.2 Å². The first-order valence-corrected chi connectivity index (χ1v) is 12.0. The van der Waals surface area contributed by atoms with Gasteiger partial charge < -0.3 is 19.7 Å². The Morgan fingerprint density at radius 1 is 1.21 bits per heavy atom. The number of aliphatic imine (C=N–C) groups is 1. The lowest BCUT2D eigenvalue weighted by Gasteiger charge is -2.33. The van der Waals surface area contributed by atoms with E-state index in [1.165, 1.54) is 11.8 Å². The van der Waals surface area contributed by atoms with Crippen LogP contribution >= 0.6 is 27.7 Å². The van der Waals surface area contributed by atoms with Gasteiger partial charge in [-0.3, -0.25) is 4.79 Å². The van der Waals surface area contributed by atoms with Crippen LogP contribution in [0.5, 0.6) is 5.75 Å². The highest BCUT2D eigenvalue weighted by molar-refractivity contribution is 9.10. The maximum Gasteiger partial charge on any atom is 0.338 e. The topological polar surface area (TPSA) is 80.2 Å². The van der Waals surface area contributed by atoms with Crippen molar-refractivity contribution in [3.05, 3.63) is 81.4 Å². The van der Waals surface area contributed by atoms with Crippen molar-refractivity contribution < 1.29 is 19.1 Å². The predicted octanol–water partition coefficient (Wildman–Crippen LogP) is 5.23. The molecule has 1 amide bonds. The highest BCUT2D eigenvalue weighted by Crippen LogP contribution is 2.41. The van der Waals surface area contributed by atoms with E-state index in [-0.39, 0.29) is 19.1 Å². The molecule has 9 heteroatoms. The van der Waals surface area contributed by atoms with Crippen LogP contribution < -0.4 is 10.1 Å². The monoisotopic (exact) mass is 527 g/mol. The Bertz CT molecular complexity index is 1160. The van der Waals surface area contributed by atoms with Gasteiger partial charge in [0.05, 0.1) is 23.9 Å². The molecule has 4 rings (SSSR count). The van der Waals surface area contributed by atoms with Crippen molar-refractivity contribution in [1.82, 2.24) is 4.90 Å². The molecule has 0 fully saturated rings. The molecular formula is C24H22BrN3O4S. The molecule has 2 aliphatic heterocycles. The van der Waals surface area contributed by atoms with Crippen LogP contribution in [-0.4, -0.2) is 35.2 Å². The lowest BCUT2D eigenvalue weighted by Crippen LogP contribution is -2.34. The summed E-state index contributed by atoms with van der Waals surface area (Å²) in [6.07, 6.45) is 1.90. The van der Waals surface area contributed by atoms with Crippen molar-refractivity contribution in [3.63, 3.8) is 0 Å². The molecule has 0 bridgehead atoms. The van der Waals surface area contributed by atoms with Gasteiger partial charge in [-0.1, -0.05) is 39.8 Å². The van der Waals surface area contributed by atoms with Crippen LogP contribution in [-0.2, 0) is 14.3 Å². The van der Waals surface area contributed by atoms with Gasteiger partial charge in [-0.05, 0) is 61.2 Å². The molecular weight excluding hydrogens is 506 g/mol. The van der Waals surface area contributed by atoms with E-state index < -0.39 is 12.0 Å². The summed E-state index contributed by atoms with van der Waals surface area (Å²) in [5, 5.41) is 5.53. The summed E-state index contributed by atoms with van der Waals surface area (Å²) >= 11 is 4.87. The zero-order chi connectivity index (χ0) is 23.4. The molecule has 33 heavy (non-hydrogen) atoms. The molecule has 2 aromatic carbocycles. The second-order valence-electron chi connectivity index (χ2n) is 7.24. The summed E-state index contributed by atoms with van der Waals surface area (Å²) in [4.78, 5) is 31.6. The number of amidine groups is 1. The number of hydrogen-bond donors (Lipinski definition) is 1. The van der Waals surface area contributed by atoms with Crippen LogP contribution in [0.4, 0.5) is 5.69 Å². The van der Waals surface area contributed by atoms with Crippen molar-refractivity contribution in [2.45, 2.75) is 19.9 Å². The third-order valence-corrected chi connectivity index (χ3v) is 6.29. The molecule has 2 aliphatic rings. The van der Waals surface area contributed by atoms with Gasteiger partial charge in [0.15, 0.2) is 11.8 Å². The number of thioether (sulfide) groups is 1. The number of esters is 1.